The maximum absolute atomic E-state index is 10.8. The molecule has 0 bridgehead atoms. The number of nitrogens with zero attached hydrogens (tertiary/aromatic N) is 2. The third kappa shape index (κ3) is 3.87. The largest absolute Gasteiger partial charge is 0.448 e. The molecule has 1 heterocycles. The molecule has 0 radical (unpaired) electrons. The van der Waals surface area contributed by atoms with E-state index < -0.39 is 6.09 Å². The summed E-state index contributed by atoms with van der Waals surface area (Å²) < 4.78 is 4.51. The highest BCUT2D eigenvalue weighted by Crippen LogP contribution is 2.18. The minimum Gasteiger partial charge on any atom is -0.448 e. The standard InChI is InChI=1S/C9H11ClN4O3/c1-5-13-7(10)6(4-15)8(14-5)12-2-3-17-9(11)16/h4H,2-3H2,1H3,(H2,11,16)(H,12,13,14). The lowest BCUT2D eigenvalue weighted by molar-refractivity contribution is 0.112. The maximum atomic E-state index is 10.8. The zero-order valence-corrected chi connectivity index (χ0v) is 9.82. The van der Waals surface area contributed by atoms with Gasteiger partial charge in [0.2, 0.25) is 0 Å². The number of nitrogens with two attached hydrogens (primary N) is 1. The van der Waals surface area contributed by atoms with Crippen molar-refractivity contribution in [3.8, 4) is 0 Å². The second-order valence-corrected chi connectivity index (χ2v) is 3.39. The van der Waals surface area contributed by atoms with Crippen LogP contribution in [0.4, 0.5) is 10.6 Å². The third-order valence-corrected chi connectivity index (χ3v) is 2.06. The Kier molecular flexibility index (Phi) is 4.65. The second kappa shape index (κ2) is 6.00. The molecule has 0 aromatic carbocycles. The lowest BCUT2D eigenvalue weighted by Gasteiger charge is -2.09. The molecule has 1 amide bonds. The van der Waals surface area contributed by atoms with Gasteiger partial charge >= 0.3 is 6.09 Å². The van der Waals surface area contributed by atoms with Crippen molar-refractivity contribution in [3.05, 3.63) is 16.5 Å². The first-order valence-corrected chi connectivity index (χ1v) is 5.07. The Balaban J connectivity index is 2.69. The number of carbonyl (C=O) groups excluding carboxylic acids is 2. The number of carbonyl (C=O) groups is 2. The Morgan fingerprint density at radius 2 is 2.29 bits per heavy atom. The molecule has 1 aromatic rings. The van der Waals surface area contributed by atoms with Crippen LogP contribution in [-0.2, 0) is 4.74 Å². The van der Waals surface area contributed by atoms with Crippen LogP contribution in [-0.4, -0.2) is 35.5 Å². The highest BCUT2D eigenvalue weighted by molar-refractivity contribution is 6.32. The van der Waals surface area contributed by atoms with Gasteiger partial charge in [0, 0.05) is 0 Å². The van der Waals surface area contributed by atoms with Crippen LogP contribution in [0.1, 0.15) is 16.2 Å². The number of nitrogens with one attached hydrogen (secondary N) is 1. The summed E-state index contributed by atoms with van der Waals surface area (Å²) in [6.07, 6.45) is -0.307. The van der Waals surface area contributed by atoms with Crippen molar-refractivity contribution in [2.75, 3.05) is 18.5 Å². The number of aldehydes is 1. The molecule has 0 fully saturated rings. The minimum absolute atomic E-state index is 0.0638. The van der Waals surface area contributed by atoms with Gasteiger partial charge in [-0.25, -0.2) is 14.8 Å². The van der Waals surface area contributed by atoms with Crippen molar-refractivity contribution in [2.45, 2.75) is 6.92 Å². The van der Waals surface area contributed by atoms with E-state index in [2.05, 4.69) is 20.0 Å². The van der Waals surface area contributed by atoms with E-state index >= 15 is 0 Å². The lowest BCUT2D eigenvalue weighted by atomic mass is 10.3. The van der Waals surface area contributed by atoms with E-state index in [0.717, 1.165) is 0 Å². The molecule has 0 unspecified atom stereocenters. The predicted molar refractivity (Wildman–Crippen MR) is 61.2 cm³/mol. The number of rotatable bonds is 5. The number of anilines is 1. The van der Waals surface area contributed by atoms with Crippen LogP contribution in [0, 0.1) is 6.92 Å². The smallest absolute Gasteiger partial charge is 0.404 e. The number of aromatic nitrogens is 2. The van der Waals surface area contributed by atoms with Gasteiger partial charge in [-0.1, -0.05) is 11.6 Å². The number of hydrogen-bond donors (Lipinski definition) is 2. The summed E-state index contributed by atoms with van der Waals surface area (Å²) in [5.41, 5.74) is 4.95. The number of aryl methyl sites for hydroxylation is 1. The molecule has 0 aliphatic heterocycles. The van der Waals surface area contributed by atoms with E-state index in [-0.39, 0.29) is 23.9 Å². The van der Waals surface area contributed by atoms with Crippen molar-refractivity contribution in [1.29, 1.82) is 0 Å². The van der Waals surface area contributed by atoms with Gasteiger partial charge in [0.15, 0.2) is 6.29 Å². The fraction of sp³-hybridized carbons (Fsp3) is 0.333. The average molecular weight is 259 g/mol. The van der Waals surface area contributed by atoms with Gasteiger partial charge in [-0.2, -0.15) is 0 Å². The Hall–Kier alpha value is -1.89. The Bertz CT molecular complexity index is 438. The normalized spacial score (nSPS) is 9.76. The topological polar surface area (TPSA) is 107 Å². The maximum Gasteiger partial charge on any atom is 0.404 e. The fourth-order valence-electron chi connectivity index (χ4n) is 1.11. The van der Waals surface area contributed by atoms with Gasteiger partial charge in [0.05, 0.1) is 12.1 Å². The van der Waals surface area contributed by atoms with Gasteiger partial charge in [-0.15, -0.1) is 0 Å². The summed E-state index contributed by atoms with van der Waals surface area (Å²) in [4.78, 5) is 29.0. The molecular formula is C9H11ClN4O3. The second-order valence-electron chi connectivity index (χ2n) is 3.04. The van der Waals surface area contributed by atoms with Crippen LogP contribution < -0.4 is 11.1 Å². The average Bonchev–Trinajstić information content (AvgIpc) is 2.23. The summed E-state index contributed by atoms with van der Waals surface area (Å²) in [7, 11) is 0. The molecule has 1 aromatic heterocycles. The zero-order valence-electron chi connectivity index (χ0n) is 9.07. The van der Waals surface area contributed by atoms with Crippen molar-refractivity contribution < 1.29 is 14.3 Å². The van der Waals surface area contributed by atoms with Crippen LogP contribution >= 0.6 is 11.6 Å². The summed E-state index contributed by atoms with van der Waals surface area (Å²) in [6, 6.07) is 0. The molecule has 8 heteroatoms. The predicted octanol–water partition coefficient (Wildman–Crippen LogP) is 0.758. The molecule has 1 rings (SSSR count). The number of primary amides is 1. The van der Waals surface area contributed by atoms with Gasteiger partial charge in [-0.3, -0.25) is 4.79 Å². The number of ether oxygens (including phenoxy) is 1. The highest BCUT2D eigenvalue weighted by Gasteiger charge is 2.10. The molecule has 0 saturated heterocycles. The Labute approximate surface area is 102 Å². The minimum atomic E-state index is -0.862. The first-order chi connectivity index (χ1) is 8.04. The van der Waals surface area contributed by atoms with Crippen molar-refractivity contribution in [3.63, 3.8) is 0 Å². The van der Waals surface area contributed by atoms with E-state index in [9.17, 15) is 9.59 Å². The molecule has 0 aliphatic rings. The zero-order chi connectivity index (χ0) is 12.8. The van der Waals surface area contributed by atoms with E-state index in [1.807, 2.05) is 0 Å². The monoisotopic (exact) mass is 258 g/mol. The van der Waals surface area contributed by atoms with Crippen molar-refractivity contribution in [2.24, 2.45) is 5.73 Å². The van der Waals surface area contributed by atoms with Crippen LogP contribution in [0.3, 0.4) is 0 Å². The van der Waals surface area contributed by atoms with Gasteiger partial charge in [-0.05, 0) is 6.92 Å². The highest BCUT2D eigenvalue weighted by atomic mass is 35.5. The van der Waals surface area contributed by atoms with Crippen molar-refractivity contribution in [1.82, 2.24) is 9.97 Å². The summed E-state index contributed by atoms with van der Waals surface area (Å²) in [5, 5.41) is 2.88. The quantitative estimate of drug-likeness (QED) is 0.459. The number of halogens is 1. The van der Waals surface area contributed by atoms with Crippen LogP contribution in [0.25, 0.3) is 0 Å². The molecule has 0 saturated carbocycles. The first kappa shape index (κ1) is 13.2. The molecule has 17 heavy (non-hydrogen) atoms. The van der Waals surface area contributed by atoms with Crippen LogP contribution in [0.5, 0.6) is 0 Å². The molecule has 92 valence electrons. The summed E-state index contributed by atoms with van der Waals surface area (Å²) >= 11 is 5.77. The first-order valence-electron chi connectivity index (χ1n) is 4.70. The molecular weight excluding hydrogens is 248 g/mol. The van der Waals surface area contributed by atoms with E-state index in [4.69, 9.17) is 17.3 Å². The van der Waals surface area contributed by atoms with Gasteiger partial charge < -0.3 is 15.8 Å². The SMILES string of the molecule is Cc1nc(Cl)c(C=O)c(NCCOC(N)=O)n1. The Morgan fingerprint density at radius 3 is 2.88 bits per heavy atom. The summed E-state index contributed by atoms with van der Waals surface area (Å²) in [5.74, 6) is 0.726. The van der Waals surface area contributed by atoms with Gasteiger partial charge in [0.1, 0.15) is 23.4 Å². The Morgan fingerprint density at radius 1 is 1.59 bits per heavy atom. The molecule has 0 spiro atoms. The van der Waals surface area contributed by atoms with Crippen molar-refractivity contribution >= 4 is 29.8 Å². The van der Waals surface area contributed by atoms with Crippen LogP contribution in [0.15, 0.2) is 0 Å². The summed E-state index contributed by atoms with van der Waals surface area (Å²) in [6.45, 7) is 1.97. The number of amides is 1. The molecule has 0 aliphatic carbocycles. The third-order valence-electron chi connectivity index (χ3n) is 1.77. The molecule has 3 N–H and O–H groups in total. The number of hydrogen-bond acceptors (Lipinski definition) is 6. The lowest BCUT2D eigenvalue weighted by Crippen LogP contribution is -2.19. The van der Waals surface area contributed by atoms with E-state index in [0.29, 0.717) is 17.9 Å². The molecule has 7 nitrogen and oxygen atoms in total. The van der Waals surface area contributed by atoms with Gasteiger partial charge in [0.25, 0.3) is 0 Å². The van der Waals surface area contributed by atoms with E-state index in [1.165, 1.54) is 0 Å². The molecule has 0 atom stereocenters. The fourth-order valence-corrected chi connectivity index (χ4v) is 1.36. The van der Waals surface area contributed by atoms with E-state index in [1.54, 1.807) is 6.92 Å². The van der Waals surface area contributed by atoms with Crippen LogP contribution in [0.2, 0.25) is 5.15 Å².